The van der Waals surface area contributed by atoms with Crippen LogP contribution < -0.4 is 0 Å². The lowest BCUT2D eigenvalue weighted by atomic mass is 10.0. The van der Waals surface area contributed by atoms with Crippen LogP contribution in [0.5, 0.6) is 0 Å². The first-order chi connectivity index (χ1) is 13.4. The van der Waals surface area contributed by atoms with Crippen molar-refractivity contribution >= 4 is 41.1 Å². The van der Waals surface area contributed by atoms with Crippen LogP contribution in [0.3, 0.4) is 0 Å². The first-order valence-corrected chi connectivity index (χ1v) is 10.0. The number of carbonyl (C=O) groups excluding carboxylic acids is 2. The van der Waals surface area contributed by atoms with Crippen molar-refractivity contribution in [1.29, 1.82) is 0 Å². The Kier molecular flexibility index (Phi) is 4.63. The summed E-state index contributed by atoms with van der Waals surface area (Å²) in [5.74, 6) is 0. The predicted octanol–water partition coefficient (Wildman–Crippen LogP) is 5.85. The number of nitrogens with zero attached hydrogens (tertiary/aromatic N) is 1. The fraction of sp³-hybridized carbons (Fsp3) is 0.217. The Bertz CT molecular complexity index is 1090. The molecule has 1 atom stereocenters. The van der Waals surface area contributed by atoms with E-state index in [2.05, 4.69) is 0 Å². The standard InChI is InChI=1S/C23H21NO3S/c1-23(2,3)27-22(26)24-19-12-8-7-11-17(19)18-13-16(14-25)20(28-21(18)24)15-9-5-4-6-10-15/h4-14,20H,1-3H3/t20-/m1/s1. The van der Waals surface area contributed by atoms with Crippen molar-refractivity contribution in [2.45, 2.75) is 36.6 Å². The maximum Gasteiger partial charge on any atom is 0.419 e. The molecule has 0 aliphatic carbocycles. The molecule has 4 rings (SSSR count). The number of hydrogen-bond acceptors (Lipinski definition) is 4. The zero-order valence-electron chi connectivity index (χ0n) is 16.0. The monoisotopic (exact) mass is 391 g/mol. The van der Waals surface area contributed by atoms with Gasteiger partial charge in [0, 0.05) is 16.5 Å². The van der Waals surface area contributed by atoms with Gasteiger partial charge in [-0.3, -0.25) is 4.79 Å². The molecule has 0 amide bonds. The number of aldehydes is 1. The maximum absolute atomic E-state index is 13.0. The highest BCUT2D eigenvalue weighted by atomic mass is 32.2. The summed E-state index contributed by atoms with van der Waals surface area (Å²) in [6, 6.07) is 17.6. The molecule has 0 N–H and O–H groups in total. The minimum absolute atomic E-state index is 0.170. The molecule has 0 fully saturated rings. The Hall–Kier alpha value is -2.79. The van der Waals surface area contributed by atoms with Crippen LogP contribution in [0.25, 0.3) is 17.0 Å². The first kappa shape index (κ1) is 18.6. The van der Waals surface area contributed by atoms with E-state index >= 15 is 0 Å². The lowest BCUT2D eigenvalue weighted by Gasteiger charge is -2.24. The minimum Gasteiger partial charge on any atom is -0.443 e. The molecule has 0 saturated carbocycles. The van der Waals surface area contributed by atoms with E-state index in [1.54, 1.807) is 4.57 Å². The number of para-hydroxylation sites is 1. The van der Waals surface area contributed by atoms with Gasteiger partial charge in [-0.1, -0.05) is 60.3 Å². The molecule has 28 heavy (non-hydrogen) atoms. The lowest BCUT2D eigenvalue weighted by Crippen LogP contribution is -2.27. The van der Waals surface area contributed by atoms with Gasteiger partial charge in [-0.05, 0) is 38.5 Å². The Morgan fingerprint density at radius 3 is 2.43 bits per heavy atom. The largest absolute Gasteiger partial charge is 0.443 e. The molecule has 0 saturated heterocycles. The van der Waals surface area contributed by atoms with Crippen molar-refractivity contribution in [2.24, 2.45) is 0 Å². The number of rotatable bonds is 2. The second kappa shape index (κ2) is 6.99. The third-order valence-electron chi connectivity index (χ3n) is 4.53. The van der Waals surface area contributed by atoms with Crippen molar-refractivity contribution in [1.82, 2.24) is 4.57 Å². The SMILES string of the molecule is CC(C)(C)OC(=O)n1c2c(c3ccccc31)C=C(C=O)[C@@H](c1ccccc1)S2. The highest BCUT2D eigenvalue weighted by molar-refractivity contribution is 7.99. The molecule has 4 nitrogen and oxygen atoms in total. The highest BCUT2D eigenvalue weighted by Crippen LogP contribution is 2.49. The van der Waals surface area contributed by atoms with Crippen molar-refractivity contribution in [2.75, 3.05) is 0 Å². The number of hydrogen-bond donors (Lipinski definition) is 0. The predicted molar refractivity (Wildman–Crippen MR) is 113 cm³/mol. The maximum atomic E-state index is 13.0. The van der Waals surface area contributed by atoms with E-state index in [1.807, 2.05) is 81.4 Å². The van der Waals surface area contributed by atoms with Crippen LogP contribution in [-0.4, -0.2) is 22.5 Å². The van der Waals surface area contributed by atoms with Crippen LogP contribution in [0.1, 0.15) is 37.1 Å². The average Bonchev–Trinajstić information content (AvgIpc) is 3.00. The second-order valence-electron chi connectivity index (χ2n) is 7.72. The van der Waals surface area contributed by atoms with Gasteiger partial charge in [-0.2, -0.15) is 0 Å². The van der Waals surface area contributed by atoms with Gasteiger partial charge in [0.25, 0.3) is 0 Å². The van der Waals surface area contributed by atoms with Crippen LogP contribution >= 0.6 is 11.8 Å². The van der Waals surface area contributed by atoms with E-state index in [1.165, 1.54) is 11.8 Å². The molecule has 2 aromatic carbocycles. The van der Waals surface area contributed by atoms with Crippen molar-refractivity contribution in [3.8, 4) is 0 Å². The van der Waals surface area contributed by atoms with Crippen LogP contribution in [0, 0.1) is 0 Å². The first-order valence-electron chi connectivity index (χ1n) is 9.14. The Morgan fingerprint density at radius 2 is 1.75 bits per heavy atom. The molecule has 1 aromatic heterocycles. The zero-order valence-corrected chi connectivity index (χ0v) is 16.8. The van der Waals surface area contributed by atoms with Crippen molar-refractivity contribution in [3.05, 3.63) is 71.3 Å². The number of ether oxygens (including phenoxy) is 1. The molecule has 1 aliphatic heterocycles. The van der Waals surface area contributed by atoms with Gasteiger partial charge in [-0.25, -0.2) is 9.36 Å². The Morgan fingerprint density at radius 1 is 1.07 bits per heavy atom. The second-order valence-corrected chi connectivity index (χ2v) is 8.82. The Balaban J connectivity index is 1.92. The molecule has 3 aromatic rings. The average molecular weight is 391 g/mol. The smallest absolute Gasteiger partial charge is 0.419 e. The van der Waals surface area contributed by atoms with Crippen LogP contribution in [0.2, 0.25) is 0 Å². The summed E-state index contributed by atoms with van der Waals surface area (Å²) in [7, 11) is 0. The summed E-state index contributed by atoms with van der Waals surface area (Å²) >= 11 is 1.51. The topological polar surface area (TPSA) is 48.3 Å². The molecule has 0 spiro atoms. The van der Waals surface area contributed by atoms with E-state index in [-0.39, 0.29) is 5.25 Å². The lowest BCUT2D eigenvalue weighted by molar-refractivity contribution is -0.104. The normalized spacial score (nSPS) is 16.4. The number of carbonyl (C=O) groups is 2. The molecular formula is C23H21NO3S. The van der Waals surface area contributed by atoms with Crippen molar-refractivity contribution < 1.29 is 14.3 Å². The van der Waals surface area contributed by atoms with Gasteiger partial charge in [0.1, 0.15) is 11.9 Å². The summed E-state index contributed by atoms with van der Waals surface area (Å²) in [5, 5.41) is 1.56. The molecule has 142 valence electrons. The third-order valence-corrected chi connectivity index (χ3v) is 5.93. The van der Waals surface area contributed by atoms with Crippen LogP contribution in [0.4, 0.5) is 4.79 Å². The van der Waals surface area contributed by atoms with E-state index < -0.39 is 11.7 Å². The van der Waals surface area contributed by atoms with Gasteiger partial charge < -0.3 is 4.74 Å². The molecule has 0 bridgehead atoms. The van der Waals surface area contributed by atoms with Gasteiger partial charge in [0.15, 0.2) is 0 Å². The number of fused-ring (bicyclic) bond motifs is 3. The van der Waals surface area contributed by atoms with Gasteiger partial charge in [0.05, 0.1) is 15.8 Å². The summed E-state index contributed by atoms with van der Waals surface area (Å²) < 4.78 is 7.30. The number of benzene rings is 2. The van der Waals surface area contributed by atoms with E-state index in [0.29, 0.717) is 5.57 Å². The summed E-state index contributed by atoms with van der Waals surface area (Å²) in [5.41, 5.74) is 2.79. The van der Waals surface area contributed by atoms with E-state index in [0.717, 1.165) is 33.3 Å². The third kappa shape index (κ3) is 3.27. The zero-order chi connectivity index (χ0) is 19.9. The van der Waals surface area contributed by atoms with Crippen molar-refractivity contribution in [3.63, 3.8) is 0 Å². The fourth-order valence-electron chi connectivity index (χ4n) is 3.39. The number of thioether (sulfide) groups is 1. The summed E-state index contributed by atoms with van der Waals surface area (Å²) in [6.45, 7) is 5.56. The van der Waals surface area contributed by atoms with Gasteiger partial charge in [0.2, 0.25) is 0 Å². The molecule has 0 radical (unpaired) electrons. The van der Waals surface area contributed by atoms with E-state index in [4.69, 9.17) is 4.74 Å². The van der Waals surface area contributed by atoms with Gasteiger partial charge >= 0.3 is 6.09 Å². The summed E-state index contributed by atoms with van der Waals surface area (Å²) in [6.07, 6.45) is 2.40. The summed E-state index contributed by atoms with van der Waals surface area (Å²) in [4.78, 5) is 24.9. The van der Waals surface area contributed by atoms with Gasteiger partial charge in [-0.15, -0.1) is 0 Å². The quantitative estimate of drug-likeness (QED) is 0.514. The molecule has 2 heterocycles. The fourth-order valence-corrected chi connectivity index (χ4v) is 4.74. The van der Waals surface area contributed by atoms with E-state index in [9.17, 15) is 9.59 Å². The molecule has 1 aliphatic rings. The molecule has 0 unspecified atom stereocenters. The van der Waals surface area contributed by atoms with Crippen LogP contribution in [-0.2, 0) is 9.53 Å². The Labute approximate surface area is 168 Å². The molecule has 5 heteroatoms. The minimum atomic E-state index is -0.600. The number of aromatic nitrogens is 1. The van der Waals surface area contributed by atoms with Crippen LogP contribution in [0.15, 0.2) is 65.2 Å². The highest BCUT2D eigenvalue weighted by Gasteiger charge is 2.32. The molecular weight excluding hydrogens is 370 g/mol.